The lowest BCUT2D eigenvalue weighted by Crippen LogP contribution is -2.49. The summed E-state index contributed by atoms with van der Waals surface area (Å²) in [5, 5.41) is 0. The molecule has 0 amide bonds. The number of nitrogens with zero attached hydrogens (tertiary/aromatic N) is 2. The summed E-state index contributed by atoms with van der Waals surface area (Å²) in [6.45, 7) is 4.86. The smallest absolute Gasteiger partial charge is 0.123 e. The van der Waals surface area contributed by atoms with Gasteiger partial charge in [-0.15, -0.1) is 0 Å². The van der Waals surface area contributed by atoms with Gasteiger partial charge in [-0.05, 0) is 56.4 Å². The van der Waals surface area contributed by atoms with Crippen molar-refractivity contribution in [1.29, 1.82) is 0 Å². The lowest BCUT2D eigenvalue weighted by Gasteiger charge is -2.43. The van der Waals surface area contributed by atoms with E-state index in [4.69, 9.17) is 9.47 Å². The summed E-state index contributed by atoms with van der Waals surface area (Å²) in [4.78, 5) is 4.90. The van der Waals surface area contributed by atoms with Crippen LogP contribution in [0, 0.1) is 5.82 Å². The molecule has 4 nitrogen and oxygen atoms in total. The molecule has 0 aliphatic carbocycles. The maximum atomic E-state index is 13.1. The highest BCUT2D eigenvalue weighted by Gasteiger charge is 2.44. The first-order valence-corrected chi connectivity index (χ1v) is 9.59. The van der Waals surface area contributed by atoms with Gasteiger partial charge in [-0.1, -0.05) is 0 Å². The fraction of sp³-hybridized carbons (Fsp3) is 0.700. The SMILES string of the molecule is CN(c1ccc(F)cc1)C1COC2(CCN(C3CCOCC3)CC2)C1. The van der Waals surface area contributed by atoms with Crippen LogP contribution in [0.3, 0.4) is 0 Å². The topological polar surface area (TPSA) is 24.9 Å². The lowest BCUT2D eigenvalue weighted by molar-refractivity contribution is -0.0612. The van der Waals surface area contributed by atoms with Crippen LogP contribution in [-0.4, -0.2) is 62.5 Å². The molecule has 1 spiro atoms. The second-order valence-corrected chi connectivity index (χ2v) is 7.82. The van der Waals surface area contributed by atoms with E-state index >= 15 is 0 Å². The van der Waals surface area contributed by atoms with Gasteiger partial charge in [0.25, 0.3) is 0 Å². The van der Waals surface area contributed by atoms with Crippen molar-refractivity contribution in [3.8, 4) is 0 Å². The summed E-state index contributed by atoms with van der Waals surface area (Å²) >= 11 is 0. The van der Waals surface area contributed by atoms with E-state index in [1.54, 1.807) is 0 Å². The number of ether oxygens (including phenoxy) is 2. The van der Waals surface area contributed by atoms with Crippen LogP contribution in [0.1, 0.15) is 32.1 Å². The summed E-state index contributed by atoms with van der Waals surface area (Å²) in [7, 11) is 2.09. The van der Waals surface area contributed by atoms with Crippen LogP contribution in [0.25, 0.3) is 0 Å². The van der Waals surface area contributed by atoms with E-state index in [1.165, 1.54) is 25.0 Å². The molecule has 138 valence electrons. The third-order valence-corrected chi connectivity index (χ3v) is 6.39. The van der Waals surface area contributed by atoms with Crippen molar-refractivity contribution in [2.24, 2.45) is 0 Å². The van der Waals surface area contributed by atoms with Crippen LogP contribution in [-0.2, 0) is 9.47 Å². The molecule has 0 saturated carbocycles. The van der Waals surface area contributed by atoms with E-state index in [9.17, 15) is 4.39 Å². The Kier molecular flexibility index (Phi) is 4.98. The van der Waals surface area contributed by atoms with E-state index in [0.29, 0.717) is 12.1 Å². The van der Waals surface area contributed by atoms with Crippen LogP contribution < -0.4 is 4.90 Å². The number of anilines is 1. The Morgan fingerprint density at radius 1 is 1.12 bits per heavy atom. The first-order valence-electron chi connectivity index (χ1n) is 9.59. The molecule has 1 aromatic carbocycles. The van der Waals surface area contributed by atoms with Crippen LogP contribution in [0.15, 0.2) is 24.3 Å². The molecule has 1 aromatic rings. The van der Waals surface area contributed by atoms with E-state index in [1.807, 2.05) is 12.1 Å². The number of piperidine rings is 1. The number of halogens is 1. The second-order valence-electron chi connectivity index (χ2n) is 7.82. The molecular weight excluding hydrogens is 319 g/mol. The molecule has 5 heteroatoms. The van der Waals surface area contributed by atoms with Gasteiger partial charge in [-0.3, -0.25) is 4.90 Å². The highest BCUT2D eigenvalue weighted by atomic mass is 19.1. The summed E-state index contributed by atoms with van der Waals surface area (Å²) in [5.74, 6) is -0.184. The Morgan fingerprint density at radius 3 is 2.48 bits per heavy atom. The maximum absolute atomic E-state index is 13.1. The minimum absolute atomic E-state index is 0.0423. The van der Waals surface area contributed by atoms with Gasteiger partial charge in [0.1, 0.15) is 5.82 Å². The number of benzene rings is 1. The first kappa shape index (κ1) is 17.3. The summed E-state index contributed by atoms with van der Waals surface area (Å²) < 4.78 is 25.0. The zero-order chi connectivity index (χ0) is 17.3. The van der Waals surface area contributed by atoms with Crippen LogP contribution in [0.4, 0.5) is 10.1 Å². The number of likely N-dealkylation sites (N-methyl/N-ethyl adjacent to an activating group) is 1. The average molecular weight is 348 g/mol. The van der Waals surface area contributed by atoms with Crippen molar-refractivity contribution in [1.82, 2.24) is 4.90 Å². The lowest BCUT2D eigenvalue weighted by atomic mass is 9.86. The number of hydrogen-bond donors (Lipinski definition) is 0. The third-order valence-electron chi connectivity index (χ3n) is 6.39. The van der Waals surface area contributed by atoms with Gasteiger partial charge in [-0.25, -0.2) is 4.39 Å². The standard InChI is InChI=1S/C20H29FN2O2/c1-22(17-4-2-16(21)3-5-17)19-14-20(25-15-19)8-10-23(11-9-20)18-6-12-24-13-7-18/h2-5,18-19H,6-15H2,1H3. The summed E-state index contributed by atoms with van der Waals surface area (Å²) in [6.07, 6.45) is 5.66. The Morgan fingerprint density at radius 2 is 1.80 bits per heavy atom. The van der Waals surface area contributed by atoms with Crippen LogP contribution in [0.5, 0.6) is 0 Å². The van der Waals surface area contributed by atoms with E-state index in [0.717, 1.165) is 57.9 Å². The van der Waals surface area contributed by atoms with E-state index < -0.39 is 0 Å². The van der Waals surface area contributed by atoms with Crippen LogP contribution in [0.2, 0.25) is 0 Å². The minimum atomic E-state index is -0.184. The molecule has 3 heterocycles. The fourth-order valence-corrected chi connectivity index (χ4v) is 4.65. The van der Waals surface area contributed by atoms with Crippen molar-refractivity contribution in [3.63, 3.8) is 0 Å². The Balaban J connectivity index is 1.33. The molecule has 0 N–H and O–H groups in total. The molecule has 3 saturated heterocycles. The predicted octanol–water partition coefficient (Wildman–Crippen LogP) is 3.06. The van der Waals surface area contributed by atoms with Crippen LogP contribution >= 0.6 is 0 Å². The summed E-state index contributed by atoms with van der Waals surface area (Å²) in [5.41, 5.74) is 1.10. The van der Waals surface area contributed by atoms with E-state index in [2.05, 4.69) is 16.8 Å². The Labute approximate surface area is 149 Å². The molecular formula is C20H29FN2O2. The second kappa shape index (κ2) is 7.22. The molecule has 4 rings (SSSR count). The number of likely N-dealkylation sites (tertiary alicyclic amines) is 1. The van der Waals surface area contributed by atoms with Crippen molar-refractivity contribution in [2.45, 2.75) is 49.8 Å². The number of hydrogen-bond acceptors (Lipinski definition) is 4. The first-order chi connectivity index (χ1) is 12.2. The van der Waals surface area contributed by atoms with Crippen molar-refractivity contribution in [3.05, 3.63) is 30.1 Å². The highest BCUT2D eigenvalue weighted by molar-refractivity contribution is 5.46. The zero-order valence-electron chi connectivity index (χ0n) is 15.1. The molecule has 1 unspecified atom stereocenters. The number of rotatable bonds is 3. The van der Waals surface area contributed by atoms with Gasteiger partial charge in [0.2, 0.25) is 0 Å². The van der Waals surface area contributed by atoms with Gasteiger partial charge in [0, 0.05) is 45.1 Å². The predicted molar refractivity (Wildman–Crippen MR) is 96.5 cm³/mol. The van der Waals surface area contributed by atoms with Gasteiger partial charge >= 0.3 is 0 Å². The molecule has 3 fully saturated rings. The third kappa shape index (κ3) is 3.69. The average Bonchev–Trinajstić information content (AvgIpc) is 3.07. The normalized spacial score (nSPS) is 27.7. The van der Waals surface area contributed by atoms with Crippen molar-refractivity contribution < 1.29 is 13.9 Å². The maximum Gasteiger partial charge on any atom is 0.123 e. The van der Waals surface area contributed by atoms with Gasteiger partial charge in [0.05, 0.1) is 18.2 Å². The monoisotopic (exact) mass is 348 g/mol. The van der Waals surface area contributed by atoms with Gasteiger partial charge in [0.15, 0.2) is 0 Å². The molecule has 0 aromatic heterocycles. The van der Waals surface area contributed by atoms with E-state index in [-0.39, 0.29) is 11.4 Å². The molecule has 3 aliphatic rings. The quantitative estimate of drug-likeness (QED) is 0.838. The van der Waals surface area contributed by atoms with Gasteiger partial charge in [-0.2, -0.15) is 0 Å². The van der Waals surface area contributed by atoms with Crippen molar-refractivity contribution >= 4 is 5.69 Å². The zero-order valence-corrected chi connectivity index (χ0v) is 15.1. The largest absolute Gasteiger partial charge is 0.381 e. The Bertz CT molecular complexity index is 566. The molecule has 1 atom stereocenters. The summed E-state index contributed by atoms with van der Waals surface area (Å²) in [6, 6.07) is 7.85. The molecule has 3 aliphatic heterocycles. The minimum Gasteiger partial charge on any atom is -0.381 e. The fourth-order valence-electron chi connectivity index (χ4n) is 4.65. The highest BCUT2D eigenvalue weighted by Crippen LogP contribution is 2.39. The molecule has 0 radical (unpaired) electrons. The molecule has 25 heavy (non-hydrogen) atoms. The van der Waals surface area contributed by atoms with Gasteiger partial charge < -0.3 is 14.4 Å². The Hall–Kier alpha value is -1.17. The van der Waals surface area contributed by atoms with Crippen molar-refractivity contribution in [2.75, 3.05) is 44.9 Å². The molecule has 0 bridgehead atoms.